The Balaban J connectivity index is 1.13. The predicted molar refractivity (Wildman–Crippen MR) is 222 cm³/mol. The summed E-state index contributed by atoms with van der Waals surface area (Å²) in [5.41, 5.74) is 19.2. The van der Waals surface area contributed by atoms with Crippen molar-refractivity contribution in [1.82, 2.24) is 0 Å². The van der Waals surface area contributed by atoms with Gasteiger partial charge in [-0.1, -0.05) is 149 Å². The highest BCUT2D eigenvalue weighted by molar-refractivity contribution is 6.12. The zero-order valence-electron chi connectivity index (χ0n) is 30.3. The van der Waals surface area contributed by atoms with E-state index in [1.165, 1.54) is 110 Å². The quantitative estimate of drug-likeness (QED) is 0.173. The Morgan fingerprint density at radius 3 is 1.98 bits per heavy atom. The molecule has 0 fully saturated rings. The lowest BCUT2D eigenvalue weighted by molar-refractivity contribution is 0.639. The first-order valence-corrected chi connectivity index (χ1v) is 18.9. The van der Waals surface area contributed by atoms with Crippen molar-refractivity contribution in [2.75, 3.05) is 0 Å². The van der Waals surface area contributed by atoms with Crippen LogP contribution in [0.4, 0.5) is 0 Å². The molecule has 0 aromatic heterocycles. The Morgan fingerprint density at radius 2 is 1.10 bits per heavy atom. The second-order valence-electron chi connectivity index (χ2n) is 16.4. The molecule has 0 nitrogen and oxygen atoms in total. The SMILES string of the molecule is CC1(C)c2cc3c(cc2-c2c1cc(-c1ccc4ccccc4c1)c1ccccc21)C(C)(C)c1cccc2c(C4=Cc5ccccc5CC4)ccc-3c12. The standard InChI is InChI=1S/C52H40/c1-51(2)45-19-11-18-39-37(35-22-20-31-12-5-7-14-33(31)26-35)24-25-41(49(39)45)43-29-47-44(30-46(43)51)50-40-17-10-9-16-38(40)42(28-48(50)52(47,3)4)36-23-21-32-13-6-8-15-34(32)27-36/h5-19,21,23-30H,20,22H2,1-4H3. The molecule has 0 bridgehead atoms. The van der Waals surface area contributed by atoms with E-state index in [1.807, 2.05) is 0 Å². The van der Waals surface area contributed by atoms with Crippen LogP contribution >= 0.6 is 0 Å². The average Bonchev–Trinajstić information content (AvgIpc) is 3.40. The molecule has 0 spiro atoms. The lowest BCUT2D eigenvalue weighted by atomic mass is 9.66. The van der Waals surface area contributed by atoms with Crippen molar-refractivity contribution in [2.24, 2.45) is 0 Å². The largest absolute Gasteiger partial charge is 0.0620 e. The van der Waals surface area contributed by atoms with E-state index in [4.69, 9.17) is 0 Å². The van der Waals surface area contributed by atoms with Gasteiger partial charge >= 0.3 is 0 Å². The topological polar surface area (TPSA) is 0 Å². The minimum absolute atomic E-state index is 0.156. The lowest BCUT2D eigenvalue weighted by Gasteiger charge is -2.37. The van der Waals surface area contributed by atoms with Crippen LogP contribution in [0.15, 0.2) is 140 Å². The normalized spacial score (nSPS) is 16.0. The molecule has 3 aliphatic carbocycles. The fourth-order valence-electron chi connectivity index (χ4n) is 10.2. The van der Waals surface area contributed by atoms with E-state index in [2.05, 4.69) is 173 Å². The molecule has 11 rings (SSSR count). The van der Waals surface area contributed by atoms with Gasteiger partial charge < -0.3 is 0 Å². The zero-order valence-corrected chi connectivity index (χ0v) is 30.3. The van der Waals surface area contributed by atoms with Crippen LogP contribution in [0, 0.1) is 0 Å². The molecule has 248 valence electrons. The molecule has 0 radical (unpaired) electrons. The zero-order chi connectivity index (χ0) is 34.9. The van der Waals surface area contributed by atoms with Crippen molar-refractivity contribution in [3.63, 3.8) is 0 Å². The minimum Gasteiger partial charge on any atom is -0.0620 e. The molecule has 8 aromatic rings. The van der Waals surface area contributed by atoms with E-state index < -0.39 is 0 Å². The van der Waals surface area contributed by atoms with Gasteiger partial charge in [-0.25, -0.2) is 0 Å². The van der Waals surface area contributed by atoms with E-state index in [0.29, 0.717) is 0 Å². The van der Waals surface area contributed by atoms with Crippen LogP contribution < -0.4 is 0 Å². The number of hydrogen-bond donors (Lipinski definition) is 0. The second kappa shape index (κ2) is 10.4. The number of hydrogen-bond acceptors (Lipinski definition) is 0. The molecule has 52 heavy (non-hydrogen) atoms. The Bertz CT molecular complexity index is 2890. The maximum atomic E-state index is 2.58. The van der Waals surface area contributed by atoms with Crippen LogP contribution in [0.2, 0.25) is 0 Å². The summed E-state index contributed by atoms with van der Waals surface area (Å²) >= 11 is 0. The summed E-state index contributed by atoms with van der Waals surface area (Å²) in [6.07, 6.45) is 4.61. The van der Waals surface area contributed by atoms with Gasteiger partial charge in [0.05, 0.1) is 0 Å². The maximum absolute atomic E-state index is 2.58. The smallest absolute Gasteiger partial charge is 0.0159 e. The van der Waals surface area contributed by atoms with Gasteiger partial charge in [-0.05, 0) is 147 Å². The van der Waals surface area contributed by atoms with Gasteiger partial charge in [0.25, 0.3) is 0 Å². The Morgan fingerprint density at radius 1 is 0.423 bits per heavy atom. The predicted octanol–water partition coefficient (Wildman–Crippen LogP) is 13.9. The molecule has 0 atom stereocenters. The fraction of sp³-hybridized carbons (Fsp3) is 0.154. The molecule has 0 saturated heterocycles. The van der Waals surface area contributed by atoms with Crippen molar-refractivity contribution in [3.8, 4) is 33.4 Å². The first-order valence-electron chi connectivity index (χ1n) is 18.9. The van der Waals surface area contributed by atoms with Crippen molar-refractivity contribution in [1.29, 1.82) is 0 Å². The van der Waals surface area contributed by atoms with E-state index in [-0.39, 0.29) is 10.8 Å². The lowest BCUT2D eigenvalue weighted by Crippen LogP contribution is -2.25. The first-order chi connectivity index (χ1) is 25.3. The van der Waals surface area contributed by atoms with E-state index in [1.54, 1.807) is 0 Å². The third-order valence-electron chi connectivity index (χ3n) is 13.0. The number of benzene rings is 8. The molecule has 0 N–H and O–H groups in total. The van der Waals surface area contributed by atoms with Crippen LogP contribution in [-0.4, -0.2) is 0 Å². The molecular weight excluding hydrogens is 625 g/mol. The summed E-state index contributed by atoms with van der Waals surface area (Å²) in [6.45, 7) is 9.77. The minimum atomic E-state index is -0.157. The first kappa shape index (κ1) is 30.0. The molecule has 0 amide bonds. The van der Waals surface area contributed by atoms with E-state index in [9.17, 15) is 0 Å². The summed E-state index contributed by atoms with van der Waals surface area (Å²) in [4.78, 5) is 0. The molecule has 0 aliphatic heterocycles. The van der Waals surface area contributed by atoms with Gasteiger partial charge in [0.1, 0.15) is 0 Å². The summed E-state index contributed by atoms with van der Waals surface area (Å²) in [6, 6.07) is 53.2. The van der Waals surface area contributed by atoms with Gasteiger partial charge in [-0.3, -0.25) is 0 Å². The van der Waals surface area contributed by atoms with Gasteiger partial charge in [0.15, 0.2) is 0 Å². The van der Waals surface area contributed by atoms with Crippen LogP contribution in [0.25, 0.3) is 77.3 Å². The number of allylic oxidation sites excluding steroid dienone is 1. The van der Waals surface area contributed by atoms with Gasteiger partial charge in [0.2, 0.25) is 0 Å². The van der Waals surface area contributed by atoms with E-state index in [0.717, 1.165) is 12.8 Å². The third kappa shape index (κ3) is 3.98. The third-order valence-corrected chi connectivity index (χ3v) is 13.0. The van der Waals surface area contributed by atoms with Crippen LogP contribution in [-0.2, 0) is 17.3 Å². The Hall–Kier alpha value is -5.72. The van der Waals surface area contributed by atoms with Gasteiger partial charge in [-0.15, -0.1) is 0 Å². The fourth-order valence-corrected chi connectivity index (χ4v) is 10.2. The Kier molecular flexibility index (Phi) is 6.01. The van der Waals surface area contributed by atoms with Crippen molar-refractivity contribution >= 4 is 44.0 Å². The molecule has 3 aliphatic rings. The highest BCUT2D eigenvalue weighted by Gasteiger charge is 2.41. The highest BCUT2D eigenvalue weighted by atomic mass is 14.4. The van der Waals surface area contributed by atoms with Crippen molar-refractivity contribution in [3.05, 3.63) is 178 Å². The molecule has 0 heterocycles. The average molecular weight is 665 g/mol. The van der Waals surface area contributed by atoms with Crippen LogP contribution in [0.3, 0.4) is 0 Å². The number of aryl methyl sites for hydroxylation is 1. The molecule has 8 aromatic carbocycles. The summed E-state index contributed by atoms with van der Waals surface area (Å²) < 4.78 is 0. The van der Waals surface area contributed by atoms with Gasteiger partial charge in [-0.2, -0.15) is 0 Å². The van der Waals surface area contributed by atoms with Crippen molar-refractivity contribution < 1.29 is 0 Å². The number of fused-ring (bicyclic) bond motifs is 9. The van der Waals surface area contributed by atoms with Gasteiger partial charge in [0, 0.05) is 10.8 Å². The molecule has 0 saturated carbocycles. The second-order valence-corrected chi connectivity index (χ2v) is 16.4. The number of rotatable bonds is 2. The van der Waals surface area contributed by atoms with Crippen LogP contribution in [0.1, 0.15) is 73.1 Å². The summed E-state index contributed by atoms with van der Waals surface area (Å²) in [5.74, 6) is 0. The molecular formula is C52H40. The molecule has 0 heteroatoms. The monoisotopic (exact) mass is 664 g/mol. The Labute approximate surface area is 306 Å². The van der Waals surface area contributed by atoms with Crippen molar-refractivity contribution in [2.45, 2.75) is 51.4 Å². The molecule has 0 unspecified atom stereocenters. The summed E-state index contributed by atoms with van der Waals surface area (Å²) in [7, 11) is 0. The summed E-state index contributed by atoms with van der Waals surface area (Å²) in [5, 5.41) is 8.03. The maximum Gasteiger partial charge on any atom is 0.0159 e. The van der Waals surface area contributed by atoms with E-state index >= 15 is 0 Å². The highest BCUT2D eigenvalue weighted by Crippen LogP contribution is 2.58. The van der Waals surface area contributed by atoms with Crippen LogP contribution in [0.5, 0.6) is 0 Å².